The van der Waals surface area contributed by atoms with Crippen molar-refractivity contribution < 1.29 is 13.6 Å². The second-order valence-corrected chi connectivity index (χ2v) is 4.72. The van der Waals surface area contributed by atoms with Gasteiger partial charge in [0, 0.05) is 43.9 Å². The summed E-state index contributed by atoms with van der Waals surface area (Å²) in [6, 6.07) is 3.45. The van der Waals surface area contributed by atoms with E-state index in [9.17, 15) is 13.6 Å². The lowest BCUT2D eigenvalue weighted by Gasteiger charge is -2.32. The van der Waals surface area contributed by atoms with Gasteiger partial charge in [0.05, 0.1) is 0 Å². The van der Waals surface area contributed by atoms with Gasteiger partial charge in [-0.1, -0.05) is 0 Å². The van der Waals surface area contributed by atoms with Crippen molar-refractivity contribution in [2.75, 3.05) is 32.0 Å². The van der Waals surface area contributed by atoms with Crippen molar-refractivity contribution in [2.45, 2.75) is 12.5 Å². The average Bonchev–Trinajstić information content (AvgIpc) is 2.37. The maximum Gasteiger partial charge on any atom is 0.225 e. The third kappa shape index (κ3) is 3.71. The molecule has 1 unspecified atom stereocenters. The van der Waals surface area contributed by atoms with Crippen LogP contribution in [-0.2, 0) is 4.79 Å². The SMILES string of the molecule is CN1CCNCC1CC(=O)Nc1ccc(F)c(F)c1. The summed E-state index contributed by atoms with van der Waals surface area (Å²) in [7, 11) is 1.97. The first-order chi connectivity index (χ1) is 9.06. The fourth-order valence-corrected chi connectivity index (χ4v) is 2.09. The van der Waals surface area contributed by atoms with Crippen LogP contribution in [-0.4, -0.2) is 43.5 Å². The topological polar surface area (TPSA) is 44.4 Å². The summed E-state index contributed by atoms with van der Waals surface area (Å²) in [5, 5.41) is 5.80. The highest BCUT2D eigenvalue weighted by atomic mass is 19.2. The molecular formula is C13H17F2N3O. The first kappa shape index (κ1) is 13.9. The Labute approximate surface area is 110 Å². The summed E-state index contributed by atoms with van der Waals surface area (Å²) in [5.41, 5.74) is 0.273. The standard InChI is InChI=1S/C13H17F2N3O/c1-18-5-4-16-8-10(18)7-13(19)17-9-2-3-11(14)12(15)6-9/h2-3,6,10,16H,4-5,7-8H2,1H3,(H,17,19). The number of piperazine rings is 1. The molecule has 4 nitrogen and oxygen atoms in total. The number of benzene rings is 1. The Morgan fingerprint density at radius 2 is 2.26 bits per heavy atom. The first-order valence-corrected chi connectivity index (χ1v) is 6.22. The molecule has 1 aromatic carbocycles. The monoisotopic (exact) mass is 269 g/mol. The van der Waals surface area contributed by atoms with E-state index in [-0.39, 0.29) is 17.6 Å². The molecule has 1 aliphatic rings. The molecule has 1 aliphatic heterocycles. The highest BCUT2D eigenvalue weighted by Gasteiger charge is 2.21. The van der Waals surface area contributed by atoms with Gasteiger partial charge in [0.15, 0.2) is 11.6 Å². The van der Waals surface area contributed by atoms with Crippen molar-refractivity contribution in [2.24, 2.45) is 0 Å². The average molecular weight is 269 g/mol. The van der Waals surface area contributed by atoms with Crippen molar-refractivity contribution in [3.05, 3.63) is 29.8 Å². The predicted octanol–water partition coefficient (Wildman–Crippen LogP) is 1.20. The van der Waals surface area contributed by atoms with Crippen LogP contribution in [0.1, 0.15) is 6.42 Å². The zero-order valence-corrected chi connectivity index (χ0v) is 10.7. The van der Waals surface area contributed by atoms with Gasteiger partial charge >= 0.3 is 0 Å². The van der Waals surface area contributed by atoms with E-state index < -0.39 is 11.6 Å². The zero-order valence-electron chi connectivity index (χ0n) is 10.7. The number of hydrogen-bond acceptors (Lipinski definition) is 3. The number of carbonyl (C=O) groups is 1. The normalized spacial score (nSPS) is 20.3. The molecule has 0 saturated carbocycles. The first-order valence-electron chi connectivity index (χ1n) is 6.22. The predicted molar refractivity (Wildman–Crippen MR) is 68.9 cm³/mol. The summed E-state index contributed by atoms with van der Waals surface area (Å²) in [6.07, 6.45) is 0.322. The Morgan fingerprint density at radius 1 is 1.47 bits per heavy atom. The smallest absolute Gasteiger partial charge is 0.225 e. The van der Waals surface area contributed by atoms with Gasteiger partial charge in [-0.15, -0.1) is 0 Å². The number of halogens is 2. The van der Waals surface area contributed by atoms with Crippen LogP contribution in [0.2, 0.25) is 0 Å². The minimum atomic E-state index is -0.964. The Hall–Kier alpha value is -1.53. The van der Waals surface area contributed by atoms with E-state index in [1.807, 2.05) is 7.05 Å². The van der Waals surface area contributed by atoms with Crippen LogP contribution in [0.5, 0.6) is 0 Å². The third-order valence-electron chi connectivity index (χ3n) is 3.27. The van der Waals surface area contributed by atoms with Crippen LogP contribution in [0.15, 0.2) is 18.2 Å². The molecule has 1 amide bonds. The number of hydrogen-bond donors (Lipinski definition) is 2. The van der Waals surface area contributed by atoms with Gasteiger partial charge in [-0.2, -0.15) is 0 Å². The van der Waals surface area contributed by atoms with E-state index in [2.05, 4.69) is 15.5 Å². The van der Waals surface area contributed by atoms with Crippen molar-refractivity contribution in [1.82, 2.24) is 10.2 Å². The fraction of sp³-hybridized carbons (Fsp3) is 0.462. The maximum absolute atomic E-state index is 13.0. The second-order valence-electron chi connectivity index (χ2n) is 4.72. The molecule has 6 heteroatoms. The minimum Gasteiger partial charge on any atom is -0.326 e. The summed E-state index contributed by atoms with van der Waals surface area (Å²) < 4.78 is 25.8. The number of amides is 1. The molecule has 0 radical (unpaired) electrons. The molecule has 1 aromatic rings. The van der Waals surface area contributed by atoms with Crippen molar-refractivity contribution in [1.29, 1.82) is 0 Å². The van der Waals surface area contributed by atoms with Gasteiger partial charge in [0.1, 0.15) is 0 Å². The zero-order chi connectivity index (χ0) is 13.8. The van der Waals surface area contributed by atoms with E-state index in [4.69, 9.17) is 0 Å². The molecule has 0 aromatic heterocycles. The number of nitrogens with one attached hydrogen (secondary N) is 2. The minimum absolute atomic E-state index is 0.124. The van der Waals surface area contributed by atoms with Crippen LogP contribution >= 0.6 is 0 Å². The summed E-state index contributed by atoms with van der Waals surface area (Å²) in [4.78, 5) is 14.0. The molecule has 0 aliphatic carbocycles. The number of rotatable bonds is 3. The molecule has 0 bridgehead atoms. The molecular weight excluding hydrogens is 252 g/mol. The molecule has 1 heterocycles. The lowest BCUT2D eigenvalue weighted by molar-refractivity contribution is -0.117. The van der Waals surface area contributed by atoms with Crippen LogP contribution in [0.3, 0.4) is 0 Å². The molecule has 1 saturated heterocycles. The van der Waals surface area contributed by atoms with E-state index >= 15 is 0 Å². The second kappa shape index (κ2) is 6.08. The Kier molecular flexibility index (Phi) is 4.44. The number of nitrogens with zero attached hydrogens (tertiary/aromatic N) is 1. The molecule has 19 heavy (non-hydrogen) atoms. The lowest BCUT2D eigenvalue weighted by atomic mass is 10.1. The van der Waals surface area contributed by atoms with Gasteiger partial charge in [-0.3, -0.25) is 4.79 Å². The summed E-state index contributed by atoms with van der Waals surface area (Å²) >= 11 is 0. The lowest BCUT2D eigenvalue weighted by Crippen LogP contribution is -2.50. The van der Waals surface area contributed by atoms with E-state index in [1.165, 1.54) is 6.07 Å². The number of likely N-dealkylation sites (N-methyl/N-ethyl adjacent to an activating group) is 1. The Morgan fingerprint density at radius 3 is 2.95 bits per heavy atom. The third-order valence-corrected chi connectivity index (χ3v) is 3.27. The van der Waals surface area contributed by atoms with E-state index in [1.54, 1.807) is 0 Å². The highest BCUT2D eigenvalue weighted by Crippen LogP contribution is 2.14. The van der Waals surface area contributed by atoms with Gasteiger partial charge in [0.25, 0.3) is 0 Å². The van der Waals surface area contributed by atoms with Crippen LogP contribution in [0, 0.1) is 11.6 Å². The van der Waals surface area contributed by atoms with Crippen LogP contribution in [0.4, 0.5) is 14.5 Å². The molecule has 1 atom stereocenters. The van der Waals surface area contributed by atoms with Crippen molar-refractivity contribution >= 4 is 11.6 Å². The Bertz CT molecular complexity index is 467. The Balaban J connectivity index is 1.91. The van der Waals surface area contributed by atoms with Gasteiger partial charge in [0.2, 0.25) is 5.91 Å². The molecule has 2 rings (SSSR count). The van der Waals surface area contributed by atoms with E-state index in [0.717, 1.165) is 31.8 Å². The summed E-state index contributed by atoms with van der Waals surface area (Å²) in [6.45, 7) is 2.56. The highest BCUT2D eigenvalue weighted by molar-refractivity contribution is 5.91. The van der Waals surface area contributed by atoms with E-state index in [0.29, 0.717) is 6.42 Å². The molecule has 0 spiro atoms. The summed E-state index contributed by atoms with van der Waals surface area (Å²) in [5.74, 6) is -2.09. The molecule has 2 N–H and O–H groups in total. The number of carbonyl (C=O) groups excluding carboxylic acids is 1. The number of anilines is 1. The van der Waals surface area contributed by atoms with Crippen LogP contribution < -0.4 is 10.6 Å². The van der Waals surface area contributed by atoms with Gasteiger partial charge < -0.3 is 15.5 Å². The fourth-order valence-electron chi connectivity index (χ4n) is 2.09. The largest absolute Gasteiger partial charge is 0.326 e. The van der Waals surface area contributed by atoms with Crippen molar-refractivity contribution in [3.8, 4) is 0 Å². The van der Waals surface area contributed by atoms with Crippen LogP contribution in [0.25, 0.3) is 0 Å². The molecule has 1 fully saturated rings. The molecule has 104 valence electrons. The maximum atomic E-state index is 13.0. The van der Waals surface area contributed by atoms with Crippen molar-refractivity contribution in [3.63, 3.8) is 0 Å². The van der Waals surface area contributed by atoms with Gasteiger partial charge in [-0.05, 0) is 19.2 Å². The van der Waals surface area contributed by atoms with Gasteiger partial charge in [-0.25, -0.2) is 8.78 Å². The quantitative estimate of drug-likeness (QED) is 0.866.